The maximum Gasteiger partial charge on any atom is 0.308 e. The number of fused-ring (bicyclic) bond motifs is 1. The second-order valence-electron chi connectivity index (χ2n) is 11.6. The highest BCUT2D eigenvalue weighted by molar-refractivity contribution is 5.71. The summed E-state index contributed by atoms with van der Waals surface area (Å²) < 4.78 is 57.4. The first-order valence-corrected chi connectivity index (χ1v) is 15.9. The van der Waals surface area contributed by atoms with Crippen LogP contribution in [0.15, 0.2) is 30.3 Å². The van der Waals surface area contributed by atoms with Crippen molar-refractivity contribution >= 4 is 29.8 Å². The van der Waals surface area contributed by atoms with Crippen LogP contribution in [0.5, 0.6) is 23.0 Å². The molecule has 0 saturated carbocycles. The molecule has 2 aromatic carbocycles. The summed E-state index contributed by atoms with van der Waals surface area (Å²) in [7, 11) is 2.83. The van der Waals surface area contributed by atoms with Crippen molar-refractivity contribution < 1.29 is 71.3 Å². The van der Waals surface area contributed by atoms with Crippen LogP contribution in [0.25, 0.3) is 0 Å². The molecule has 1 saturated heterocycles. The third-order valence-corrected chi connectivity index (χ3v) is 7.88. The van der Waals surface area contributed by atoms with Gasteiger partial charge in [-0.3, -0.25) is 24.0 Å². The molecule has 2 aliphatic heterocycles. The van der Waals surface area contributed by atoms with Gasteiger partial charge in [0.1, 0.15) is 47.9 Å². The summed E-state index contributed by atoms with van der Waals surface area (Å²) in [5, 5.41) is 0. The third-order valence-electron chi connectivity index (χ3n) is 7.88. The van der Waals surface area contributed by atoms with E-state index in [4.69, 9.17) is 47.4 Å². The maximum absolute atomic E-state index is 12.3. The van der Waals surface area contributed by atoms with Gasteiger partial charge in [-0.25, -0.2) is 0 Å². The molecule has 0 bridgehead atoms. The van der Waals surface area contributed by atoms with Crippen molar-refractivity contribution in [3.63, 3.8) is 0 Å². The number of carbonyl (C=O) groups excluding carboxylic acids is 5. The van der Waals surface area contributed by atoms with Crippen LogP contribution in [0.1, 0.15) is 63.8 Å². The molecule has 2 aromatic rings. The molecule has 50 heavy (non-hydrogen) atoms. The Labute approximate surface area is 289 Å². The average molecular weight is 703 g/mol. The van der Waals surface area contributed by atoms with Crippen molar-refractivity contribution in [2.24, 2.45) is 0 Å². The lowest BCUT2D eigenvalue weighted by Crippen LogP contribution is -2.63. The van der Waals surface area contributed by atoms with Crippen molar-refractivity contribution in [2.75, 3.05) is 27.4 Å². The van der Waals surface area contributed by atoms with E-state index in [1.165, 1.54) is 48.8 Å². The molecule has 0 spiro atoms. The fraction of sp³-hybridized carbons (Fsp3) is 0.514. The predicted molar refractivity (Wildman–Crippen MR) is 171 cm³/mol. The summed E-state index contributed by atoms with van der Waals surface area (Å²) in [5.74, 6) is -1.57. The summed E-state index contributed by atoms with van der Waals surface area (Å²) in [6.07, 6.45) is -5.28. The summed E-state index contributed by atoms with van der Waals surface area (Å²) in [6.45, 7) is 5.93. The average Bonchev–Trinajstić information content (AvgIpc) is 3.05. The zero-order chi connectivity index (χ0) is 36.5. The van der Waals surface area contributed by atoms with Crippen LogP contribution in [0, 0.1) is 0 Å². The number of hydrogen-bond acceptors (Lipinski definition) is 15. The molecule has 0 radical (unpaired) electrons. The van der Waals surface area contributed by atoms with Gasteiger partial charge in [0, 0.05) is 65.3 Å². The van der Waals surface area contributed by atoms with E-state index in [1.807, 2.05) is 6.07 Å². The Balaban J connectivity index is 1.74. The van der Waals surface area contributed by atoms with Crippen LogP contribution < -0.4 is 18.9 Å². The van der Waals surface area contributed by atoms with Gasteiger partial charge >= 0.3 is 29.8 Å². The first-order valence-electron chi connectivity index (χ1n) is 15.9. The van der Waals surface area contributed by atoms with E-state index in [2.05, 4.69) is 0 Å². The molecule has 1 fully saturated rings. The highest BCUT2D eigenvalue weighted by Crippen LogP contribution is 2.44. The molecule has 0 unspecified atom stereocenters. The molecule has 15 nitrogen and oxygen atoms in total. The monoisotopic (exact) mass is 702 g/mol. The highest BCUT2D eigenvalue weighted by atomic mass is 16.7. The predicted octanol–water partition coefficient (Wildman–Crippen LogP) is 3.34. The van der Waals surface area contributed by atoms with Crippen molar-refractivity contribution in [1.29, 1.82) is 0 Å². The molecule has 0 amide bonds. The van der Waals surface area contributed by atoms with Crippen molar-refractivity contribution in [3.8, 4) is 23.0 Å². The van der Waals surface area contributed by atoms with Crippen LogP contribution in [0.4, 0.5) is 0 Å². The lowest BCUT2D eigenvalue weighted by Gasteiger charge is -2.44. The fourth-order valence-corrected chi connectivity index (χ4v) is 5.86. The van der Waals surface area contributed by atoms with Gasteiger partial charge in [-0.1, -0.05) is 6.07 Å². The number of rotatable bonds is 13. The molecule has 4 rings (SSSR count). The van der Waals surface area contributed by atoms with E-state index in [-0.39, 0.29) is 31.1 Å². The number of hydrogen-bond donors (Lipinski definition) is 0. The largest absolute Gasteiger partial charge is 0.497 e. The summed E-state index contributed by atoms with van der Waals surface area (Å²) in [4.78, 5) is 59.7. The Kier molecular flexibility index (Phi) is 13.0. The number of ether oxygens (including phenoxy) is 10. The Morgan fingerprint density at radius 3 is 2.10 bits per heavy atom. The number of aryl methyl sites for hydroxylation is 1. The lowest BCUT2D eigenvalue weighted by molar-refractivity contribution is -0.289. The Morgan fingerprint density at radius 1 is 0.780 bits per heavy atom. The molecule has 0 aliphatic carbocycles. The van der Waals surface area contributed by atoms with Gasteiger partial charge in [0.05, 0.1) is 13.7 Å². The summed E-state index contributed by atoms with van der Waals surface area (Å²) in [6, 6.07) is 8.57. The van der Waals surface area contributed by atoms with Gasteiger partial charge in [0.15, 0.2) is 6.10 Å². The smallest absolute Gasteiger partial charge is 0.308 e. The second kappa shape index (κ2) is 17.2. The minimum atomic E-state index is -1.40. The number of carbonyl (C=O) groups is 5. The second-order valence-corrected chi connectivity index (χ2v) is 11.6. The van der Waals surface area contributed by atoms with Gasteiger partial charge in [0.2, 0.25) is 12.4 Å². The zero-order valence-corrected chi connectivity index (χ0v) is 29.0. The Hall–Kier alpha value is -4.89. The topological polar surface area (TPSA) is 178 Å². The van der Waals surface area contributed by atoms with Crippen molar-refractivity contribution in [3.05, 3.63) is 47.0 Å². The van der Waals surface area contributed by atoms with Crippen LogP contribution in [0.3, 0.4) is 0 Å². The summed E-state index contributed by atoms with van der Waals surface area (Å²) in [5.41, 5.74) is 1.97. The number of benzene rings is 2. The van der Waals surface area contributed by atoms with E-state index in [9.17, 15) is 24.0 Å². The summed E-state index contributed by atoms with van der Waals surface area (Å²) >= 11 is 0. The van der Waals surface area contributed by atoms with Crippen molar-refractivity contribution in [2.45, 2.75) is 90.7 Å². The SMILES string of the molecule is COc1ccc([C@@H]2CCc3ccc(OC(C)=O)c(CCOC(C)=O)c3O2)c(O[C@@H]2O[C@H](COC(C)=O)[C@@H](OC)[C@H](OC(C)=O)[C@H]2OC(C)=O)c1. The lowest BCUT2D eigenvalue weighted by atomic mass is 9.93. The van der Waals surface area contributed by atoms with Gasteiger partial charge in [-0.15, -0.1) is 0 Å². The zero-order valence-electron chi connectivity index (χ0n) is 29.0. The molecule has 0 aromatic heterocycles. The van der Waals surface area contributed by atoms with Crippen LogP contribution in [0.2, 0.25) is 0 Å². The van der Waals surface area contributed by atoms with Crippen LogP contribution >= 0.6 is 0 Å². The molecular formula is C35H42O15. The fourth-order valence-electron chi connectivity index (χ4n) is 5.86. The maximum atomic E-state index is 12.3. The number of esters is 5. The highest BCUT2D eigenvalue weighted by Gasteiger charge is 2.52. The molecule has 2 heterocycles. The first-order chi connectivity index (χ1) is 23.8. The van der Waals surface area contributed by atoms with E-state index in [0.29, 0.717) is 35.5 Å². The van der Waals surface area contributed by atoms with Gasteiger partial charge < -0.3 is 47.4 Å². The quantitative estimate of drug-likeness (QED) is 0.169. The third kappa shape index (κ3) is 9.63. The minimum Gasteiger partial charge on any atom is -0.497 e. The molecular weight excluding hydrogens is 660 g/mol. The standard InChI is InChI=1S/C35H42O15/c1-18(36)43-15-14-26-28(45-20(3)38)13-9-23-8-12-27(48-31(23)26)25-11-10-24(41-6)16-29(25)49-35-34(47-22(5)40)33(46-21(4)39)32(42-7)30(50-35)17-44-19(2)37/h9-11,13,16,27,30,32-35H,8,12,14-15,17H2,1-7H3/t27-,30+,32+,33-,34+,35+/m0/s1. The molecule has 0 N–H and O–H groups in total. The van der Waals surface area contributed by atoms with Crippen LogP contribution in [-0.2, 0) is 65.2 Å². The van der Waals surface area contributed by atoms with E-state index < -0.39 is 66.7 Å². The van der Waals surface area contributed by atoms with Gasteiger partial charge in [-0.05, 0) is 36.6 Å². The normalized spacial score (nSPS) is 22.5. The molecule has 2 aliphatic rings. The number of methoxy groups -OCH3 is 2. The Bertz CT molecular complexity index is 1570. The molecule has 15 heteroatoms. The van der Waals surface area contributed by atoms with E-state index in [0.717, 1.165) is 5.56 Å². The Morgan fingerprint density at radius 2 is 1.48 bits per heavy atom. The van der Waals surface area contributed by atoms with E-state index >= 15 is 0 Å². The minimum absolute atomic E-state index is 0.0298. The van der Waals surface area contributed by atoms with Gasteiger partial charge in [0.25, 0.3) is 0 Å². The molecule has 272 valence electrons. The first kappa shape index (κ1) is 37.9. The molecule has 6 atom stereocenters. The van der Waals surface area contributed by atoms with Crippen LogP contribution in [-0.4, -0.2) is 88.0 Å². The van der Waals surface area contributed by atoms with Crippen molar-refractivity contribution in [1.82, 2.24) is 0 Å². The van der Waals surface area contributed by atoms with Gasteiger partial charge in [-0.2, -0.15) is 0 Å². The van der Waals surface area contributed by atoms with E-state index in [1.54, 1.807) is 24.3 Å².